The van der Waals surface area contributed by atoms with Gasteiger partial charge in [-0.05, 0) is 44.4 Å². The summed E-state index contributed by atoms with van der Waals surface area (Å²) in [6.07, 6.45) is 2.00. The van der Waals surface area contributed by atoms with Crippen LogP contribution in [0.15, 0.2) is 24.3 Å². The molecule has 1 aliphatic heterocycles. The van der Waals surface area contributed by atoms with E-state index in [1.165, 1.54) is 7.11 Å². The van der Waals surface area contributed by atoms with Gasteiger partial charge in [0.1, 0.15) is 12.4 Å². The second-order valence-corrected chi connectivity index (χ2v) is 8.71. The van der Waals surface area contributed by atoms with Crippen LogP contribution in [0.25, 0.3) is 0 Å². The van der Waals surface area contributed by atoms with Crippen LogP contribution >= 0.6 is 0 Å². The Morgan fingerprint density at radius 1 is 1.31 bits per heavy atom. The molecule has 146 valence electrons. The average Bonchev–Trinajstić information content (AvgIpc) is 3.09. The fraction of sp³-hybridized carbons (Fsp3) is 0.611. The number of hydrogen-bond donors (Lipinski definition) is 0. The number of ether oxygens (including phenoxy) is 2. The number of carbonyl (C=O) groups excluding carboxylic acids is 1. The smallest absolute Gasteiger partial charge is 0.311 e. The zero-order valence-corrected chi connectivity index (χ0v) is 16.3. The second kappa shape index (κ2) is 9.34. The van der Waals surface area contributed by atoms with Crippen molar-refractivity contribution in [2.75, 3.05) is 26.9 Å². The highest BCUT2D eigenvalue weighted by molar-refractivity contribution is 7.87. The third-order valence-electron chi connectivity index (χ3n) is 4.16. The zero-order valence-electron chi connectivity index (χ0n) is 15.5. The second-order valence-electron chi connectivity index (χ2n) is 6.61. The van der Waals surface area contributed by atoms with Crippen molar-refractivity contribution in [1.29, 1.82) is 0 Å². The Balaban J connectivity index is 2.03. The minimum Gasteiger partial charge on any atom is -0.382 e. The summed E-state index contributed by atoms with van der Waals surface area (Å²) in [4.78, 5) is 14.0. The van der Waals surface area contributed by atoms with E-state index in [0.717, 1.165) is 25.0 Å². The summed E-state index contributed by atoms with van der Waals surface area (Å²) in [5.41, 5.74) is 0.877. The van der Waals surface area contributed by atoms with Crippen LogP contribution in [-0.4, -0.2) is 57.4 Å². The maximum absolute atomic E-state index is 12.3. The normalized spacial score (nSPS) is 17.5. The monoisotopic (exact) mass is 385 g/mol. The Bertz CT molecular complexity index is 680. The molecule has 0 radical (unpaired) electrons. The van der Waals surface area contributed by atoms with Gasteiger partial charge in [0.05, 0.1) is 11.4 Å². The SMILES string of the molecule is COCC(=O)N(Cc1ccc(OS(=O)(=O)C(C)C)cc1)C[C@@H]1CCCO1. The van der Waals surface area contributed by atoms with Crippen LogP contribution in [0.3, 0.4) is 0 Å². The molecule has 1 atom stereocenters. The number of rotatable bonds is 9. The first kappa shape index (κ1) is 20.7. The number of amides is 1. The fourth-order valence-electron chi connectivity index (χ4n) is 2.60. The van der Waals surface area contributed by atoms with Gasteiger partial charge in [0.25, 0.3) is 0 Å². The number of carbonyl (C=O) groups is 1. The molecular weight excluding hydrogens is 358 g/mol. The Kier molecular flexibility index (Phi) is 7.43. The molecule has 0 N–H and O–H groups in total. The lowest BCUT2D eigenvalue weighted by atomic mass is 10.1. The molecule has 0 saturated carbocycles. The molecule has 26 heavy (non-hydrogen) atoms. The quantitative estimate of drug-likeness (QED) is 0.605. The van der Waals surface area contributed by atoms with E-state index in [1.807, 2.05) is 0 Å². The van der Waals surface area contributed by atoms with Crippen LogP contribution in [0.4, 0.5) is 0 Å². The van der Waals surface area contributed by atoms with E-state index in [-0.39, 0.29) is 24.4 Å². The van der Waals surface area contributed by atoms with E-state index in [9.17, 15) is 13.2 Å². The maximum atomic E-state index is 12.3. The van der Waals surface area contributed by atoms with Crippen LogP contribution in [0.2, 0.25) is 0 Å². The summed E-state index contributed by atoms with van der Waals surface area (Å²) >= 11 is 0. The third kappa shape index (κ3) is 5.96. The van der Waals surface area contributed by atoms with Crippen LogP contribution < -0.4 is 4.18 Å². The van der Waals surface area contributed by atoms with Gasteiger partial charge in [0, 0.05) is 26.8 Å². The van der Waals surface area contributed by atoms with E-state index in [4.69, 9.17) is 13.7 Å². The van der Waals surface area contributed by atoms with Gasteiger partial charge in [-0.1, -0.05) is 12.1 Å². The zero-order chi connectivity index (χ0) is 19.2. The first-order chi connectivity index (χ1) is 12.3. The topological polar surface area (TPSA) is 82.1 Å². The molecule has 1 amide bonds. The summed E-state index contributed by atoms with van der Waals surface area (Å²) in [6.45, 7) is 4.79. The Hall–Kier alpha value is -1.64. The van der Waals surface area contributed by atoms with Gasteiger partial charge in [-0.15, -0.1) is 0 Å². The van der Waals surface area contributed by atoms with Crippen molar-refractivity contribution in [3.8, 4) is 5.75 Å². The number of benzene rings is 1. The summed E-state index contributed by atoms with van der Waals surface area (Å²) in [7, 11) is -2.13. The van der Waals surface area contributed by atoms with Gasteiger partial charge in [-0.3, -0.25) is 4.79 Å². The molecule has 0 bridgehead atoms. The molecule has 0 aliphatic carbocycles. The van der Waals surface area contributed by atoms with E-state index < -0.39 is 15.4 Å². The van der Waals surface area contributed by atoms with Gasteiger partial charge in [-0.25, -0.2) is 0 Å². The number of hydrogen-bond acceptors (Lipinski definition) is 6. The van der Waals surface area contributed by atoms with Gasteiger partial charge < -0.3 is 18.6 Å². The van der Waals surface area contributed by atoms with Crippen LogP contribution in [-0.2, 0) is 30.9 Å². The highest BCUT2D eigenvalue weighted by atomic mass is 32.2. The predicted octanol–water partition coefficient (Wildman–Crippen LogP) is 1.96. The van der Waals surface area contributed by atoms with Crippen molar-refractivity contribution in [1.82, 2.24) is 4.90 Å². The van der Waals surface area contributed by atoms with Crippen molar-refractivity contribution >= 4 is 16.0 Å². The number of nitrogens with zero attached hydrogens (tertiary/aromatic N) is 1. The Morgan fingerprint density at radius 3 is 2.54 bits per heavy atom. The lowest BCUT2D eigenvalue weighted by Crippen LogP contribution is -2.38. The first-order valence-electron chi connectivity index (χ1n) is 8.72. The summed E-state index contributed by atoms with van der Waals surface area (Å²) < 4.78 is 39.3. The molecule has 1 heterocycles. The molecule has 0 aromatic heterocycles. The van der Waals surface area contributed by atoms with Crippen molar-refractivity contribution in [3.63, 3.8) is 0 Å². The van der Waals surface area contributed by atoms with E-state index in [1.54, 1.807) is 43.0 Å². The van der Waals surface area contributed by atoms with Gasteiger partial charge >= 0.3 is 10.1 Å². The Morgan fingerprint density at radius 2 is 2.00 bits per heavy atom. The van der Waals surface area contributed by atoms with Crippen LogP contribution in [0, 0.1) is 0 Å². The van der Waals surface area contributed by atoms with Gasteiger partial charge in [-0.2, -0.15) is 8.42 Å². The maximum Gasteiger partial charge on any atom is 0.311 e. The van der Waals surface area contributed by atoms with Crippen LogP contribution in [0.5, 0.6) is 5.75 Å². The third-order valence-corrected chi connectivity index (χ3v) is 5.73. The highest BCUT2D eigenvalue weighted by Gasteiger charge is 2.23. The predicted molar refractivity (Wildman–Crippen MR) is 97.4 cm³/mol. The molecule has 2 rings (SSSR count). The molecule has 0 spiro atoms. The lowest BCUT2D eigenvalue weighted by molar-refractivity contribution is -0.137. The molecule has 7 nitrogen and oxygen atoms in total. The van der Waals surface area contributed by atoms with Crippen molar-refractivity contribution < 1.29 is 26.9 Å². The van der Waals surface area contributed by atoms with E-state index in [2.05, 4.69) is 0 Å². The average molecular weight is 385 g/mol. The number of methoxy groups -OCH3 is 1. The summed E-state index contributed by atoms with van der Waals surface area (Å²) in [6, 6.07) is 6.71. The molecule has 0 unspecified atom stereocenters. The lowest BCUT2D eigenvalue weighted by Gasteiger charge is -2.25. The standard InChI is InChI=1S/C18H27NO6S/c1-14(2)26(21,22)25-16-8-6-15(7-9-16)11-19(18(20)13-23-3)12-17-5-4-10-24-17/h6-9,14,17H,4-5,10-13H2,1-3H3/t17-/m0/s1. The van der Waals surface area contributed by atoms with Crippen molar-refractivity contribution in [3.05, 3.63) is 29.8 Å². The van der Waals surface area contributed by atoms with E-state index in [0.29, 0.717) is 13.1 Å². The van der Waals surface area contributed by atoms with Crippen LogP contribution in [0.1, 0.15) is 32.3 Å². The van der Waals surface area contributed by atoms with Crippen molar-refractivity contribution in [2.45, 2.75) is 44.6 Å². The summed E-state index contributed by atoms with van der Waals surface area (Å²) in [5.74, 6) is 0.155. The summed E-state index contributed by atoms with van der Waals surface area (Å²) in [5, 5.41) is -0.615. The van der Waals surface area contributed by atoms with Crippen molar-refractivity contribution in [2.24, 2.45) is 0 Å². The van der Waals surface area contributed by atoms with Gasteiger partial charge in [0.2, 0.25) is 5.91 Å². The molecule has 8 heteroatoms. The van der Waals surface area contributed by atoms with E-state index >= 15 is 0 Å². The first-order valence-corrected chi connectivity index (χ1v) is 10.2. The molecular formula is C18H27NO6S. The molecule has 1 saturated heterocycles. The highest BCUT2D eigenvalue weighted by Crippen LogP contribution is 2.19. The molecule has 1 aromatic rings. The molecule has 1 aliphatic rings. The molecule has 1 aromatic carbocycles. The van der Waals surface area contributed by atoms with Gasteiger partial charge in [0.15, 0.2) is 0 Å². The Labute approximate surface area is 155 Å². The minimum absolute atomic E-state index is 0.0144. The molecule has 1 fully saturated rings. The fourth-order valence-corrected chi connectivity index (χ4v) is 3.18. The minimum atomic E-state index is -3.62. The largest absolute Gasteiger partial charge is 0.382 e.